The van der Waals surface area contributed by atoms with Gasteiger partial charge in [-0.2, -0.15) is 0 Å². The molecule has 12 heteroatoms. The average molecular weight is 1820 g/mol. The number of fused-ring (bicyclic) bond motifs is 14. The molecule has 0 saturated carbocycles. The van der Waals surface area contributed by atoms with E-state index >= 15 is 19.2 Å². The Kier molecular flexibility index (Phi) is 18.4. The summed E-state index contributed by atoms with van der Waals surface area (Å²) in [6.07, 6.45) is 21.3. The van der Waals surface area contributed by atoms with Crippen molar-refractivity contribution in [1.82, 2.24) is 0 Å². The van der Waals surface area contributed by atoms with Gasteiger partial charge >= 0.3 is 0 Å². The zero-order valence-corrected chi connectivity index (χ0v) is 79.9. The Morgan fingerprint density at radius 2 is 0.500 bits per heavy atom. The van der Waals surface area contributed by atoms with E-state index in [9.17, 15) is 10.2 Å². The van der Waals surface area contributed by atoms with Crippen molar-refractivity contribution in [3.63, 3.8) is 0 Å². The largest absolute Gasteiger partial charge is 0.508 e. The van der Waals surface area contributed by atoms with Gasteiger partial charge in [-0.05, 0) is 369 Å². The van der Waals surface area contributed by atoms with E-state index in [0.29, 0.717) is 123 Å². The van der Waals surface area contributed by atoms with E-state index in [4.69, 9.17) is 31.8 Å². The first-order valence-corrected chi connectivity index (χ1v) is 48.1. The van der Waals surface area contributed by atoms with Crippen LogP contribution in [-0.2, 0) is 10.8 Å². The number of aromatic hydroxyl groups is 2. The molecule has 12 nitrogen and oxygen atoms in total. The summed E-state index contributed by atoms with van der Waals surface area (Å²) >= 11 is 0. The maximum Gasteiger partial charge on any atom is 0.266 e. The Morgan fingerprint density at radius 1 is 0.264 bits per heavy atom. The highest BCUT2D eigenvalue weighted by molar-refractivity contribution is 6.48. The highest BCUT2D eigenvalue weighted by Crippen LogP contribution is 2.62. The van der Waals surface area contributed by atoms with Crippen molar-refractivity contribution in [1.29, 1.82) is 0 Å². The lowest BCUT2D eigenvalue weighted by Gasteiger charge is -2.34. The second-order valence-electron chi connectivity index (χ2n) is 41.7. The summed E-state index contributed by atoms with van der Waals surface area (Å²) < 4.78 is 28.9. The second-order valence-corrected chi connectivity index (χ2v) is 41.7. The van der Waals surface area contributed by atoms with Crippen LogP contribution in [0.15, 0.2) is 243 Å². The molecule has 2 N–H and O–H groups in total. The molecule has 0 spiro atoms. The molecule has 0 aromatic heterocycles. The maximum atomic E-state index is 16.2. The fourth-order valence-electron chi connectivity index (χ4n) is 23.0. The minimum atomic E-state index is -0.493. The summed E-state index contributed by atoms with van der Waals surface area (Å²) in [4.78, 5) is 67.6. The molecule has 2 aliphatic heterocycles. The van der Waals surface area contributed by atoms with Gasteiger partial charge in [-0.15, -0.1) is 12.8 Å². The fourth-order valence-corrected chi connectivity index (χ4v) is 23.0. The van der Waals surface area contributed by atoms with E-state index in [2.05, 4.69) is 199 Å². The fraction of sp³-hybridized carbons (Fsp3) is 0.156. The Labute approximate surface area is 809 Å². The van der Waals surface area contributed by atoms with Crippen LogP contribution in [0.4, 0.5) is 11.4 Å². The topological polar surface area (TPSA) is 152 Å². The van der Waals surface area contributed by atoms with Crippen molar-refractivity contribution in [2.75, 3.05) is 9.80 Å². The number of carbonyl (C=O) groups is 4. The first kappa shape index (κ1) is 84.9. The number of phenols is 2. The van der Waals surface area contributed by atoms with Crippen LogP contribution in [0.1, 0.15) is 229 Å². The molecule has 676 valence electrons. The Morgan fingerprint density at radius 3 is 0.729 bits per heavy atom. The van der Waals surface area contributed by atoms with Gasteiger partial charge in [-0.1, -0.05) is 206 Å². The molecule has 0 bridgehead atoms. The van der Waals surface area contributed by atoms with E-state index in [0.717, 1.165) is 176 Å². The van der Waals surface area contributed by atoms with Gasteiger partial charge in [-0.25, -0.2) is 9.80 Å². The number of hydrogen-bond acceptors (Lipinski definition) is 10. The number of hydrogen-bond donors (Lipinski definition) is 2. The zero-order chi connectivity index (χ0) is 96.5. The number of rotatable bonds is 14. The van der Waals surface area contributed by atoms with Gasteiger partial charge in [0.25, 0.3) is 23.6 Å². The summed E-state index contributed by atoms with van der Waals surface area (Å²) in [6.45, 7) is 29.5. The molecule has 25 rings (SSSR count). The molecule has 0 fully saturated rings. The molecule has 20 aromatic carbocycles. The lowest BCUT2D eigenvalue weighted by molar-refractivity contribution is 0.0877. The molecule has 0 atom stereocenters. The number of carbonyl (C=O) groups excluding carboxylic acids is 4. The Hall–Kier alpha value is -16.8. The average Bonchev–Trinajstić information content (AvgIpc) is 1.10. The van der Waals surface area contributed by atoms with E-state index in [1.165, 1.54) is 9.80 Å². The number of anilines is 2. The number of ether oxygens (including phenoxy) is 4. The number of terminal acetylenes is 2. The SMILES string of the molecule is C#Cc1cc(C(C)C)c(N2C(=O)c3cc(Oc4ccc(O)cc4)c4c5ccc6c7c(ccc(c8c(Oc9ccc(C(C)(C)C)cc9)cc(c3c48)C2=O)c75)-c2cc3cc4c(cc3cc2-6)C=Cc2cc3cc5c(cc3cc2C=C4)-c2ccc3c4c(Oc6ccc(C(C)(C)C)cc6)cc6c7c(cc(Oc8ccc(O)cc8)c(c8ccc-5c2c83)c74)C(=O)N(c2c(C(C)C)cc(C#C)cc2C(C)C)C6=O)c(C(C)C)c1. The van der Waals surface area contributed by atoms with Crippen molar-refractivity contribution in [2.45, 2.75) is 131 Å². The standard InChI is InChI=1S/C128H94N2O10/c1-17-67-47-93(63(3)4)121(94(48-67)64(5)6)129-123(133)101-59-105(137-81-31-23-77(24-32-81)127(11,12)13)115-89-43-39-85-97-55-73-51-69-19-20-70-52-74-56-98-86-40-44-90-112-92(46-42-88(110(86)112)100(98)58-76(74)54-72(70)22-21-71(69)53-75(73)57-99(97)87-41-45-91(111(89)109(85)87)117-107(139-83-35-27-79(131)28-36-83)61-103(125(129)135)113(101)119(115)117)118-108(140-84-37-29-80(132)30-38-84)62-104-114-102(60-106(116(90)120(114)118)138-82-33-25-78(26-34-82)128(14,15)16)124(134)130(126(104)136)122-95(65(7)8)49-68(18-2)50-96(122)66(9)10/h1-2,19-66,131-132H,3-16H3. The summed E-state index contributed by atoms with van der Waals surface area (Å²) in [5.74, 6) is 7.02. The third-order valence-electron chi connectivity index (χ3n) is 29.8. The van der Waals surface area contributed by atoms with Gasteiger partial charge in [0.15, 0.2) is 0 Å². The zero-order valence-electron chi connectivity index (χ0n) is 79.9. The van der Waals surface area contributed by atoms with Gasteiger partial charge in [0.1, 0.15) is 57.5 Å². The van der Waals surface area contributed by atoms with E-state index in [1.807, 2.05) is 128 Å². The first-order chi connectivity index (χ1) is 67.3. The summed E-state index contributed by atoms with van der Waals surface area (Å²) in [6, 6.07) is 80.6. The predicted octanol–water partition coefficient (Wildman–Crippen LogP) is 33.3. The molecule has 2 heterocycles. The number of benzene rings is 20. The normalized spacial score (nSPS) is 13.6. The summed E-state index contributed by atoms with van der Waals surface area (Å²) in [5, 5.41) is 38.4. The van der Waals surface area contributed by atoms with Crippen molar-refractivity contribution < 1.29 is 48.3 Å². The monoisotopic (exact) mass is 1820 g/mol. The number of amides is 4. The summed E-state index contributed by atoms with van der Waals surface area (Å²) in [5.41, 5.74) is 21.5. The molecule has 0 saturated heterocycles. The maximum absolute atomic E-state index is 16.2. The van der Waals surface area contributed by atoms with Crippen LogP contribution in [-0.4, -0.2) is 33.8 Å². The van der Waals surface area contributed by atoms with Crippen LogP contribution in [0, 0.1) is 24.7 Å². The van der Waals surface area contributed by atoms with Crippen molar-refractivity contribution in [2.24, 2.45) is 0 Å². The quantitative estimate of drug-likeness (QED) is 0.0466. The van der Waals surface area contributed by atoms with Crippen LogP contribution in [0.5, 0.6) is 57.5 Å². The highest BCUT2D eigenvalue weighted by Gasteiger charge is 2.45. The van der Waals surface area contributed by atoms with Crippen molar-refractivity contribution in [3.05, 3.63) is 332 Å². The van der Waals surface area contributed by atoms with Crippen LogP contribution >= 0.6 is 0 Å². The Bertz CT molecular complexity index is 8520. The first-order valence-electron chi connectivity index (χ1n) is 48.1. The molecule has 20 aromatic rings. The Balaban J connectivity index is 0.625. The highest BCUT2D eigenvalue weighted by atomic mass is 16.5. The van der Waals surface area contributed by atoms with Crippen LogP contribution in [0.25, 0.3) is 177 Å². The number of nitrogens with zero attached hydrogens (tertiary/aromatic N) is 2. The van der Waals surface area contributed by atoms with E-state index in [-0.39, 0.29) is 46.0 Å². The smallest absolute Gasteiger partial charge is 0.266 e. The molecule has 0 unspecified atom stereocenters. The third kappa shape index (κ3) is 12.6. The van der Waals surface area contributed by atoms with Crippen LogP contribution in [0.3, 0.4) is 0 Å². The lowest BCUT2D eigenvalue weighted by Crippen LogP contribution is -2.42. The summed E-state index contributed by atoms with van der Waals surface area (Å²) in [7, 11) is 0. The molecular formula is C128H94N2O10. The second kappa shape index (κ2) is 30.3. The molecule has 3 aliphatic carbocycles. The van der Waals surface area contributed by atoms with E-state index in [1.54, 1.807) is 48.5 Å². The minimum absolute atomic E-state index is 0.0687. The van der Waals surface area contributed by atoms with Gasteiger partial charge in [0.05, 0.1) is 33.6 Å². The molecular weight excluding hydrogens is 1730 g/mol. The van der Waals surface area contributed by atoms with E-state index < -0.39 is 23.6 Å². The van der Waals surface area contributed by atoms with Crippen LogP contribution in [0.2, 0.25) is 0 Å². The number of phenolic OH excluding ortho intramolecular Hbond substituents is 2. The van der Waals surface area contributed by atoms with Crippen LogP contribution < -0.4 is 28.7 Å². The van der Waals surface area contributed by atoms with Crippen molar-refractivity contribution in [3.8, 4) is 127 Å². The van der Waals surface area contributed by atoms with Crippen molar-refractivity contribution >= 4 is 167 Å². The van der Waals surface area contributed by atoms with Gasteiger partial charge in [0, 0.05) is 54.2 Å². The molecule has 4 amide bonds. The minimum Gasteiger partial charge on any atom is -0.508 e. The molecule has 140 heavy (non-hydrogen) atoms. The number of imide groups is 2. The molecule has 5 aliphatic rings. The van der Waals surface area contributed by atoms with Gasteiger partial charge in [0.2, 0.25) is 0 Å². The molecule has 0 radical (unpaired) electrons. The predicted molar refractivity (Wildman–Crippen MR) is 571 cm³/mol. The lowest BCUT2D eigenvalue weighted by atomic mass is 9.82. The third-order valence-corrected chi connectivity index (χ3v) is 29.8. The van der Waals surface area contributed by atoms with Gasteiger partial charge in [-0.3, -0.25) is 19.2 Å². The van der Waals surface area contributed by atoms with Gasteiger partial charge < -0.3 is 29.2 Å².